The van der Waals surface area contributed by atoms with E-state index in [1.165, 1.54) is 0 Å². The van der Waals surface area contributed by atoms with Crippen LogP contribution in [0.5, 0.6) is 0 Å². The summed E-state index contributed by atoms with van der Waals surface area (Å²) in [7, 11) is 1.78. The quantitative estimate of drug-likeness (QED) is 0.500. The second-order valence-corrected chi connectivity index (χ2v) is 5.36. The van der Waals surface area contributed by atoms with Crippen molar-refractivity contribution in [1.82, 2.24) is 25.2 Å². The van der Waals surface area contributed by atoms with E-state index in [4.69, 9.17) is 5.84 Å². The van der Waals surface area contributed by atoms with E-state index in [9.17, 15) is 0 Å². The van der Waals surface area contributed by atoms with Crippen LogP contribution in [0.4, 0.5) is 0 Å². The number of hydrazine groups is 1. The molecule has 0 aromatic carbocycles. The molecule has 0 atom stereocenters. The number of allylic oxidation sites excluding steroid dienone is 3. The Bertz CT molecular complexity index is 477. The molecule has 0 saturated carbocycles. The third-order valence-corrected chi connectivity index (χ3v) is 2.97. The Morgan fingerprint density at radius 1 is 1.33 bits per heavy atom. The molecule has 0 amide bonds. The highest BCUT2D eigenvalue weighted by molar-refractivity contribution is 5.73. The van der Waals surface area contributed by atoms with Gasteiger partial charge in [-0.1, -0.05) is 6.58 Å². The molecular formula is C12H22N6. The standard InChI is InChI=1S/C12H22N6/c1-8(10(3)18(13)12(4,5)6)9(2)11-14-15-16-17(11)7/h2,13H2,1,3-7H3/b10-8-. The molecule has 2 N–H and O–H groups in total. The number of tetrazole rings is 1. The van der Waals surface area contributed by atoms with Crippen molar-refractivity contribution in [3.05, 3.63) is 23.7 Å². The van der Waals surface area contributed by atoms with Crippen molar-refractivity contribution >= 4 is 5.57 Å². The molecule has 1 aromatic rings. The van der Waals surface area contributed by atoms with Gasteiger partial charge in [-0.05, 0) is 50.6 Å². The summed E-state index contributed by atoms with van der Waals surface area (Å²) in [6.07, 6.45) is 0. The van der Waals surface area contributed by atoms with E-state index in [2.05, 4.69) is 42.9 Å². The van der Waals surface area contributed by atoms with Crippen molar-refractivity contribution in [2.45, 2.75) is 40.2 Å². The van der Waals surface area contributed by atoms with Gasteiger partial charge in [0.05, 0.1) is 0 Å². The molecule has 0 aliphatic carbocycles. The molecule has 0 fully saturated rings. The zero-order valence-corrected chi connectivity index (χ0v) is 12.0. The first-order valence-electron chi connectivity index (χ1n) is 5.80. The van der Waals surface area contributed by atoms with Crippen molar-refractivity contribution in [3.8, 4) is 0 Å². The molecule has 0 aliphatic rings. The summed E-state index contributed by atoms with van der Waals surface area (Å²) in [6.45, 7) is 14.1. The lowest BCUT2D eigenvalue weighted by Gasteiger charge is -2.35. The van der Waals surface area contributed by atoms with Gasteiger partial charge in [-0.3, -0.25) is 0 Å². The van der Waals surface area contributed by atoms with E-state index in [-0.39, 0.29) is 5.54 Å². The average molecular weight is 250 g/mol. The third-order valence-electron chi connectivity index (χ3n) is 2.97. The van der Waals surface area contributed by atoms with E-state index in [1.807, 2.05) is 13.8 Å². The van der Waals surface area contributed by atoms with E-state index in [0.29, 0.717) is 5.82 Å². The van der Waals surface area contributed by atoms with Crippen LogP contribution in [0.15, 0.2) is 17.8 Å². The molecule has 0 saturated heterocycles. The molecule has 6 heteroatoms. The zero-order valence-electron chi connectivity index (χ0n) is 12.0. The van der Waals surface area contributed by atoms with Crippen molar-refractivity contribution < 1.29 is 0 Å². The van der Waals surface area contributed by atoms with Crippen molar-refractivity contribution in [3.63, 3.8) is 0 Å². The number of nitrogens with two attached hydrogens (primary N) is 1. The highest BCUT2D eigenvalue weighted by Gasteiger charge is 2.21. The maximum atomic E-state index is 6.10. The maximum absolute atomic E-state index is 6.10. The minimum Gasteiger partial charge on any atom is -0.310 e. The van der Waals surface area contributed by atoms with Crippen LogP contribution in [0.1, 0.15) is 40.4 Å². The molecule has 1 heterocycles. The van der Waals surface area contributed by atoms with Crippen molar-refractivity contribution in [2.24, 2.45) is 12.9 Å². The Balaban J connectivity index is 3.10. The smallest absolute Gasteiger partial charge is 0.181 e. The van der Waals surface area contributed by atoms with Gasteiger partial charge in [0, 0.05) is 23.9 Å². The Hall–Kier alpha value is -1.69. The van der Waals surface area contributed by atoms with E-state index in [0.717, 1.165) is 16.8 Å². The maximum Gasteiger partial charge on any atom is 0.181 e. The summed E-state index contributed by atoms with van der Waals surface area (Å²) in [4.78, 5) is 0. The molecule has 1 rings (SSSR count). The largest absolute Gasteiger partial charge is 0.310 e. The predicted molar refractivity (Wildman–Crippen MR) is 72.0 cm³/mol. The number of aryl methyl sites for hydroxylation is 1. The summed E-state index contributed by atoms with van der Waals surface area (Å²) in [5, 5.41) is 13.1. The first kappa shape index (κ1) is 14.4. The van der Waals surface area contributed by atoms with Crippen LogP contribution >= 0.6 is 0 Å². The summed E-state index contributed by atoms with van der Waals surface area (Å²) in [6, 6.07) is 0. The van der Waals surface area contributed by atoms with Crippen LogP contribution < -0.4 is 5.84 Å². The number of hydrogen-bond acceptors (Lipinski definition) is 5. The first-order valence-corrected chi connectivity index (χ1v) is 5.80. The summed E-state index contributed by atoms with van der Waals surface area (Å²) in [5.74, 6) is 6.75. The van der Waals surface area contributed by atoms with Crippen molar-refractivity contribution in [1.29, 1.82) is 0 Å². The monoisotopic (exact) mass is 250 g/mol. The molecule has 0 spiro atoms. The Morgan fingerprint density at radius 2 is 1.89 bits per heavy atom. The topological polar surface area (TPSA) is 72.9 Å². The van der Waals surface area contributed by atoms with Gasteiger partial charge in [0.2, 0.25) is 0 Å². The van der Waals surface area contributed by atoms with Crippen LogP contribution in [-0.2, 0) is 7.05 Å². The van der Waals surface area contributed by atoms with Gasteiger partial charge < -0.3 is 5.01 Å². The minimum atomic E-state index is -0.149. The lowest BCUT2D eigenvalue weighted by atomic mass is 10.0. The predicted octanol–water partition coefficient (Wildman–Crippen LogP) is 1.49. The van der Waals surface area contributed by atoms with E-state index < -0.39 is 0 Å². The van der Waals surface area contributed by atoms with Crippen LogP contribution in [0.25, 0.3) is 5.57 Å². The Kier molecular flexibility index (Phi) is 3.91. The molecule has 0 unspecified atom stereocenters. The second kappa shape index (κ2) is 4.89. The molecule has 0 bridgehead atoms. The van der Waals surface area contributed by atoms with Gasteiger partial charge in [0.1, 0.15) is 0 Å². The third kappa shape index (κ3) is 2.76. The molecule has 100 valence electrons. The normalized spacial score (nSPS) is 13.3. The summed E-state index contributed by atoms with van der Waals surface area (Å²) >= 11 is 0. The summed E-state index contributed by atoms with van der Waals surface area (Å²) in [5.41, 5.74) is 2.56. The lowest BCUT2D eigenvalue weighted by molar-refractivity contribution is 0.188. The first-order chi connectivity index (χ1) is 8.16. The van der Waals surface area contributed by atoms with Crippen LogP contribution in [0, 0.1) is 0 Å². The van der Waals surface area contributed by atoms with Crippen LogP contribution in [0.2, 0.25) is 0 Å². The van der Waals surface area contributed by atoms with E-state index >= 15 is 0 Å². The Morgan fingerprint density at radius 3 is 2.28 bits per heavy atom. The van der Waals surface area contributed by atoms with Crippen LogP contribution in [0.3, 0.4) is 0 Å². The average Bonchev–Trinajstić information content (AvgIpc) is 2.70. The minimum absolute atomic E-state index is 0.149. The molecule has 6 nitrogen and oxygen atoms in total. The molecule has 1 aromatic heterocycles. The Labute approximate surface area is 108 Å². The van der Waals surface area contributed by atoms with Gasteiger partial charge >= 0.3 is 0 Å². The van der Waals surface area contributed by atoms with Gasteiger partial charge in [-0.15, -0.1) is 5.10 Å². The number of hydrogen-bond donors (Lipinski definition) is 1. The number of rotatable bonds is 3. The highest BCUT2D eigenvalue weighted by atomic mass is 15.5. The molecule has 18 heavy (non-hydrogen) atoms. The van der Waals surface area contributed by atoms with E-state index in [1.54, 1.807) is 16.7 Å². The number of nitrogens with zero attached hydrogens (tertiary/aromatic N) is 5. The second-order valence-electron chi connectivity index (χ2n) is 5.36. The molecular weight excluding hydrogens is 228 g/mol. The van der Waals surface area contributed by atoms with Gasteiger partial charge in [0.25, 0.3) is 0 Å². The van der Waals surface area contributed by atoms with Crippen molar-refractivity contribution in [2.75, 3.05) is 0 Å². The van der Waals surface area contributed by atoms with Gasteiger partial charge in [-0.2, -0.15) is 0 Å². The zero-order chi connectivity index (χ0) is 14.1. The molecule has 0 aliphatic heterocycles. The summed E-state index contributed by atoms with van der Waals surface area (Å²) < 4.78 is 1.59. The molecule has 0 radical (unpaired) electrons. The van der Waals surface area contributed by atoms with Gasteiger partial charge in [-0.25, -0.2) is 10.5 Å². The fourth-order valence-corrected chi connectivity index (χ4v) is 1.55. The fraction of sp³-hybridized carbons (Fsp3) is 0.583. The van der Waals surface area contributed by atoms with Crippen LogP contribution in [-0.4, -0.2) is 30.8 Å². The lowest BCUT2D eigenvalue weighted by Crippen LogP contribution is -2.45. The fourth-order valence-electron chi connectivity index (χ4n) is 1.55. The highest BCUT2D eigenvalue weighted by Crippen LogP contribution is 2.24. The van der Waals surface area contributed by atoms with Gasteiger partial charge in [0.15, 0.2) is 5.82 Å². The SMILES string of the molecule is C=C(/C(C)=C(/C)N(N)C(C)(C)C)c1nnnn1C. The number of aromatic nitrogens is 4.